The van der Waals surface area contributed by atoms with Gasteiger partial charge in [0.25, 0.3) is 5.91 Å². The lowest BCUT2D eigenvalue weighted by molar-refractivity contribution is -0.113. The van der Waals surface area contributed by atoms with Gasteiger partial charge in [-0.15, -0.1) is 10.2 Å². The molecule has 2 aromatic carbocycles. The number of aryl methyl sites for hydroxylation is 1. The highest BCUT2D eigenvalue weighted by atomic mass is 35.5. The molecule has 1 atom stereocenters. The molecule has 0 aliphatic rings. The Morgan fingerprint density at radius 1 is 1.12 bits per heavy atom. The topological polar surface area (TPSA) is 88.9 Å². The first-order valence-corrected chi connectivity index (χ1v) is 11.6. The van der Waals surface area contributed by atoms with Crippen LogP contribution in [0, 0.1) is 12.8 Å². The van der Waals surface area contributed by atoms with Crippen LogP contribution in [0.3, 0.4) is 0 Å². The normalized spacial score (nSPS) is 11.9. The molecule has 7 nitrogen and oxygen atoms in total. The van der Waals surface area contributed by atoms with Gasteiger partial charge in [0.15, 0.2) is 11.0 Å². The molecule has 0 aliphatic carbocycles. The van der Waals surface area contributed by atoms with E-state index in [9.17, 15) is 9.59 Å². The van der Waals surface area contributed by atoms with Crippen molar-refractivity contribution in [3.05, 3.63) is 70.5 Å². The van der Waals surface area contributed by atoms with Crippen molar-refractivity contribution in [2.24, 2.45) is 13.0 Å². The first-order valence-electron chi connectivity index (χ1n) is 10.2. The summed E-state index contributed by atoms with van der Waals surface area (Å²) in [5.74, 6) is 0.574. The first kappa shape index (κ1) is 23.8. The summed E-state index contributed by atoms with van der Waals surface area (Å²) in [5.41, 5.74) is 2.18. The van der Waals surface area contributed by atoms with Gasteiger partial charge in [0.2, 0.25) is 5.91 Å². The van der Waals surface area contributed by atoms with Crippen LogP contribution >= 0.6 is 23.4 Å². The summed E-state index contributed by atoms with van der Waals surface area (Å²) in [7, 11) is 1.84. The summed E-state index contributed by atoms with van der Waals surface area (Å²) < 4.78 is 1.82. The summed E-state index contributed by atoms with van der Waals surface area (Å²) in [6.45, 7) is 5.94. The number of hydrogen-bond acceptors (Lipinski definition) is 5. The minimum atomic E-state index is -0.325. The average molecular weight is 472 g/mol. The number of amides is 2. The van der Waals surface area contributed by atoms with Crippen LogP contribution in [0.5, 0.6) is 0 Å². The second-order valence-electron chi connectivity index (χ2n) is 7.76. The van der Waals surface area contributed by atoms with Crippen molar-refractivity contribution < 1.29 is 9.59 Å². The number of anilines is 1. The Labute approximate surface area is 197 Å². The Kier molecular flexibility index (Phi) is 7.93. The van der Waals surface area contributed by atoms with Crippen LogP contribution in [0.25, 0.3) is 0 Å². The minimum Gasteiger partial charge on any atom is -0.342 e. The Morgan fingerprint density at radius 2 is 1.88 bits per heavy atom. The maximum atomic E-state index is 12.8. The highest BCUT2D eigenvalue weighted by molar-refractivity contribution is 7.99. The molecular formula is C23H26ClN5O2S. The van der Waals surface area contributed by atoms with Gasteiger partial charge in [-0.1, -0.05) is 61.5 Å². The van der Waals surface area contributed by atoms with Crippen LogP contribution in [0.2, 0.25) is 5.02 Å². The Balaban J connectivity index is 1.67. The van der Waals surface area contributed by atoms with Crippen molar-refractivity contribution in [3.63, 3.8) is 0 Å². The number of nitrogens with zero attached hydrogens (tertiary/aromatic N) is 3. The SMILES string of the molecule is Cc1ccccc1C(=O)N[C@@H](c1nnc(SCC(=O)Nc2cccc(Cl)c2)n1C)C(C)C. The molecule has 32 heavy (non-hydrogen) atoms. The predicted octanol–water partition coefficient (Wildman–Crippen LogP) is 4.63. The first-order chi connectivity index (χ1) is 15.3. The summed E-state index contributed by atoms with van der Waals surface area (Å²) in [5, 5.41) is 15.6. The molecule has 3 rings (SSSR count). The van der Waals surface area contributed by atoms with E-state index in [1.54, 1.807) is 30.3 Å². The summed E-state index contributed by atoms with van der Waals surface area (Å²) in [6, 6.07) is 14.1. The summed E-state index contributed by atoms with van der Waals surface area (Å²) in [4.78, 5) is 25.2. The van der Waals surface area contributed by atoms with Crippen molar-refractivity contribution in [2.75, 3.05) is 11.1 Å². The van der Waals surface area contributed by atoms with Crippen molar-refractivity contribution in [2.45, 2.75) is 32.0 Å². The average Bonchev–Trinajstić information content (AvgIpc) is 3.10. The number of rotatable bonds is 8. The maximum Gasteiger partial charge on any atom is 0.252 e. The Morgan fingerprint density at radius 3 is 2.56 bits per heavy atom. The molecule has 0 unspecified atom stereocenters. The third-order valence-corrected chi connectivity index (χ3v) is 6.19. The zero-order valence-electron chi connectivity index (χ0n) is 18.4. The van der Waals surface area contributed by atoms with E-state index >= 15 is 0 Å². The molecule has 2 amide bonds. The van der Waals surface area contributed by atoms with Gasteiger partial charge in [-0.25, -0.2) is 0 Å². The van der Waals surface area contributed by atoms with E-state index in [1.807, 2.05) is 50.6 Å². The number of carbonyl (C=O) groups is 2. The second kappa shape index (κ2) is 10.7. The van der Waals surface area contributed by atoms with Gasteiger partial charge in [0.1, 0.15) is 0 Å². The van der Waals surface area contributed by atoms with Gasteiger partial charge in [-0.05, 0) is 42.7 Å². The molecule has 2 N–H and O–H groups in total. The monoisotopic (exact) mass is 471 g/mol. The van der Waals surface area contributed by atoms with Crippen molar-refractivity contribution in [1.29, 1.82) is 0 Å². The number of aromatic nitrogens is 3. The van der Waals surface area contributed by atoms with E-state index in [1.165, 1.54) is 11.8 Å². The smallest absolute Gasteiger partial charge is 0.252 e. The lowest BCUT2D eigenvalue weighted by Crippen LogP contribution is -2.34. The van der Waals surface area contributed by atoms with E-state index in [-0.39, 0.29) is 29.5 Å². The molecule has 1 aromatic heterocycles. The minimum absolute atomic E-state index is 0.0925. The van der Waals surface area contributed by atoms with Crippen LogP contribution in [-0.2, 0) is 11.8 Å². The quantitative estimate of drug-likeness (QED) is 0.467. The second-order valence-corrected chi connectivity index (χ2v) is 9.14. The third kappa shape index (κ3) is 5.89. The van der Waals surface area contributed by atoms with Crippen LogP contribution in [0.1, 0.15) is 41.6 Å². The molecular weight excluding hydrogens is 446 g/mol. The maximum absolute atomic E-state index is 12.8. The van der Waals surface area contributed by atoms with Crippen LogP contribution in [-0.4, -0.2) is 32.3 Å². The zero-order chi connectivity index (χ0) is 23.3. The molecule has 1 heterocycles. The third-order valence-electron chi connectivity index (χ3n) is 4.93. The molecule has 0 aliphatic heterocycles. The highest BCUT2D eigenvalue weighted by Crippen LogP contribution is 2.25. The molecule has 0 fully saturated rings. The van der Waals surface area contributed by atoms with E-state index in [0.29, 0.717) is 27.3 Å². The molecule has 9 heteroatoms. The number of halogens is 1. The summed E-state index contributed by atoms with van der Waals surface area (Å²) in [6.07, 6.45) is 0. The highest BCUT2D eigenvalue weighted by Gasteiger charge is 2.25. The van der Waals surface area contributed by atoms with Crippen molar-refractivity contribution in [1.82, 2.24) is 20.1 Å². The van der Waals surface area contributed by atoms with Crippen molar-refractivity contribution in [3.8, 4) is 0 Å². The molecule has 0 saturated heterocycles. The van der Waals surface area contributed by atoms with Crippen LogP contribution in [0.15, 0.2) is 53.7 Å². The van der Waals surface area contributed by atoms with Gasteiger partial charge in [0, 0.05) is 23.3 Å². The number of thioether (sulfide) groups is 1. The summed E-state index contributed by atoms with van der Waals surface area (Å²) >= 11 is 7.23. The van der Waals surface area contributed by atoms with E-state index in [4.69, 9.17) is 11.6 Å². The molecule has 0 bridgehead atoms. The van der Waals surface area contributed by atoms with E-state index in [2.05, 4.69) is 20.8 Å². The Bertz CT molecular complexity index is 1120. The fourth-order valence-corrected chi connectivity index (χ4v) is 4.10. The fourth-order valence-electron chi connectivity index (χ4n) is 3.19. The fraction of sp³-hybridized carbons (Fsp3) is 0.304. The number of benzene rings is 2. The lowest BCUT2D eigenvalue weighted by atomic mass is 10.0. The van der Waals surface area contributed by atoms with Gasteiger partial charge >= 0.3 is 0 Å². The standard InChI is InChI=1S/C23H26ClN5O2S/c1-14(2)20(26-22(31)18-11-6-5-8-15(18)3)21-27-28-23(29(21)4)32-13-19(30)25-17-10-7-9-16(24)12-17/h5-12,14,20H,13H2,1-4H3,(H,25,30)(H,26,31)/t20-/m1/s1. The largest absolute Gasteiger partial charge is 0.342 e. The number of hydrogen-bond donors (Lipinski definition) is 2. The zero-order valence-corrected chi connectivity index (χ0v) is 20.0. The molecule has 3 aromatic rings. The van der Waals surface area contributed by atoms with Crippen LogP contribution < -0.4 is 10.6 Å². The lowest BCUT2D eigenvalue weighted by Gasteiger charge is -2.22. The number of nitrogens with one attached hydrogen (secondary N) is 2. The molecule has 168 valence electrons. The van der Waals surface area contributed by atoms with Gasteiger partial charge in [-0.2, -0.15) is 0 Å². The van der Waals surface area contributed by atoms with Gasteiger partial charge in [-0.3, -0.25) is 9.59 Å². The molecule has 0 saturated carbocycles. The molecule has 0 radical (unpaired) electrons. The van der Waals surface area contributed by atoms with Crippen LogP contribution in [0.4, 0.5) is 5.69 Å². The number of carbonyl (C=O) groups excluding carboxylic acids is 2. The Hall–Kier alpha value is -2.84. The predicted molar refractivity (Wildman–Crippen MR) is 128 cm³/mol. The molecule has 0 spiro atoms. The van der Waals surface area contributed by atoms with E-state index in [0.717, 1.165) is 5.56 Å². The van der Waals surface area contributed by atoms with Gasteiger partial charge in [0.05, 0.1) is 11.8 Å². The van der Waals surface area contributed by atoms with E-state index < -0.39 is 0 Å². The van der Waals surface area contributed by atoms with Crippen molar-refractivity contribution >= 4 is 40.9 Å². The van der Waals surface area contributed by atoms with Gasteiger partial charge < -0.3 is 15.2 Å².